The molecule has 1 aliphatic heterocycles. The van der Waals surface area contributed by atoms with Crippen LogP contribution in [0.25, 0.3) is 0 Å². The highest BCUT2D eigenvalue weighted by Gasteiger charge is 2.13. The van der Waals surface area contributed by atoms with Crippen molar-refractivity contribution in [2.45, 2.75) is 33.1 Å². The van der Waals surface area contributed by atoms with E-state index in [1.165, 1.54) is 38.9 Å². The molecule has 0 aromatic carbocycles. The summed E-state index contributed by atoms with van der Waals surface area (Å²) in [6.45, 7) is 9.13. The van der Waals surface area contributed by atoms with E-state index in [0.717, 1.165) is 18.1 Å². The molecule has 1 atom stereocenters. The Hall–Kier alpha value is -1.09. The van der Waals surface area contributed by atoms with Crippen molar-refractivity contribution in [3.8, 4) is 0 Å². The van der Waals surface area contributed by atoms with E-state index >= 15 is 0 Å². The van der Waals surface area contributed by atoms with Gasteiger partial charge in [0.05, 0.1) is 0 Å². The molecule has 1 aliphatic rings. The molecule has 0 radical (unpaired) electrons. The van der Waals surface area contributed by atoms with Gasteiger partial charge < -0.3 is 10.2 Å². The quantitative estimate of drug-likeness (QED) is 0.867. The molecule has 0 amide bonds. The van der Waals surface area contributed by atoms with Crippen molar-refractivity contribution < 1.29 is 0 Å². The van der Waals surface area contributed by atoms with Crippen LogP contribution < -0.4 is 5.32 Å². The molecule has 0 aliphatic carbocycles. The molecule has 3 heteroatoms. The number of nitrogens with one attached hydrogen (secondary N) is 1. The lowest BCUT2D eigenvalue weighted by molar-refractivity contribution is 0.204. The summed E-state index contributed by atoms with van der Waals surface area (Å²) in [4.78, 5) is 7.06. The van der Waals surface area contributed by atoms with Gasteiger partial charge in [0.25, 0.3) is 0 Å². The Morgan fingerprint density at radius 3 is 2.78 bits per heavy atom. The zero-order valence-corrected chi connectivity index (χ0v) is 11.7. The van der Waals surface area contributed by atoms with Crippen LogP contribution in [-0.4, -0.2) is 36.1 Å². The van der Waals surface area contributed by atoms with E-state index in [0.29, 0.717) is 5.92 Å². The van der Waals surface area contributed by atoms with Gasteiger partial charge in [-0.2, -0.15) is 0 Å². The summed E-state index contributed by atoms with van der Waals surface area (Å²) >= 11 is 0. The molecule has 0 saturated carbocycles. The lowest BCUT2D eigenvalue weighted by atomic mass is 10.1. The minimum absolute atomic E-state index is 0.672. The van der Waals surface area contributed by atoms with Gasteiger partial charge in [0.15, 0.2) is 0 Å². The third-order valence-corrected chi connectivity index (χ3v) is 3.54. The molecular weight excluding hydrogens is 222 g/mol. The van der Waals surface area contributed by atoms with Crippen LogP contribution in [-0.2, 0) is 0 Å². The van der Waals surface area contributed by atoms with Gasteiger partial charge in [0, 0.05) is 18.8 Å². The zero-order chi connectivity index (χ0) is 12.8. The van der Waals surface area contributed by atoms with E-state index < -0.39 is 0 Å². The normalized spacial score (nSPS) is 18.6. The molecule has 2 rings (SSSR count). The summed E-state index contributed by atoms with van der Waals surface area (Å²) in [5, 5.41) is 3.44. The first-order valence-corrected chi connectivity index (χ1v) is 7.14. The van der Waals surface area contributed by atoms with E-state index in [1.807, 2.05) is 19.1 Å². The largest absolute Gasteiger partial charge is 0.370 e. The van der Waals surface area contributed by atoms with Crippen LogP contribution in [0.4, 0.5) is 5.82 Å². The van der Waals surface area contributed by atoms with E-state index in [9.17, 15) is 0 Å². The average Bonchev–Trinajstić information content (AvgIpc) is 2.38. The summed E-state index contributed by atoms with van der Waals surface area (Å²) in [5.74, 6) is 1.67. The maximum Gasteiger partial charge on any atom is 0.126 e. The van der Waals surface area contributed by atoms with Crippen molar-refractivity contribution in [1.82, 2.24) is 9.88 Å². The van der Waals surface area contributed by atoms with E-state index in [2.05, 4.69) is 28.2 Å². The van der Waals surface area contributed by atoms with Gasteiger partial charge in [0.2, 0.25) is 0 Å². The first-order valence-electron chi connectivity index (χ1n) is 7.14. The highest BCUT2D eigenvalue weighted by atomic mass is 15.1. The van der Waals surface area contributed by atoms with Crippen LogP contribution in [0.5, 0.6) is 0 Å². The Kier molecular flexibility index (Phi) is 5.00. The molecule has 2 heterocycles. The molecule has 1 unspecified atom stereocenters. The van der Waals surface area contributed by atoms with Crippen LogP contribution in [0.1, 0.15) is 31.9 Å². The molecule has 100 valence electrons. The SMILES string of the molecule is Cc1cccc(NCC(C)CN2CCCCC2)n1. The summed E-state index contributed by atoms with van der Waals surface area (Å²) in [6, 6.07) is 6.13. The van der Waals surface area contributed by atoms with Crippen LogP contribution in [0, 0.1) is 12.8 Å². The predicted molar refractivity (Wildman–Crippen MR) is 76.9 cm³/mol. The van der Waals surface area contributed by atoms with Gasteiger partial charge in [-0.25, -0.2) is 4.98 Å². The molecule has 18 heavy (non-hydrogen) atoms. The number of rotatable bonds is 5. The van der Waals surface area contributed by atoms with Gasteiger partial charge in [-0.05, 0) is 50.9 Å². The number of nitrogens with zero attached hydrogens (tertiary/aromatic N) is 2. The third-order valence-electron chi connectivity index (χ3n) is 3.54. The van der Waals surface area contributed by atoms with Crippen LogP contribution in [0.15, 0.2) is 18.2 Å². The summed E-state index contributed by atoms with van der Waals surface area (Å²) in [7, 11) is 0. The molecule has 1 fully saturated rings. The number of aryl methyl sites for hydroxylation is 1. The highest BCUT2D eigenvalue weighted by Crippen LogP contribution is 2.11. The Morgan fingerprint density at radius 1 is 1.28 bits per heavy atom. The Labute approximate surface area is 111 Å². The van der Waals surface area contributed by atoms with E-state index in [4.69, 9.17) is 0 Å². The first-order chi connectivity index (χ1) is 8.74. The maximum atomic E-state index is 4.47. The molecule has 0 bridgehead atoms. The maximum absolute atomic E-state index is 4.47. The van der Waals surface area contributed by atoms with Crippen molar-refractivity contribution in [1.29, 1.82) is 0 Å². The second kappa shape index (κ2) is 6.74. The summed E-state index contributed by atoms with van der Waals surface area (Å²) in [6.07, 6.45) is 4.16. The van der Waals surface area contributed by atoms with Crippen molar-refractivity contribution >= 4 is 5.82 Å². The van der Waals surface area contributed by atoms with Crippen LogP contribution in [0.2, 0.25) is 0 Å². The molecule has 1 saturated heterocycles. The third kappa shape index (κ3) is 4.30. The number of piperidine rings is 1. The number of aromatic nitrogens is 1. The number of pyridine rings is 1. The molecule has 1 aromatic heterocycles. The fraction of sp³-hybridized carbons (Fsp3) is 0.667. The Balaban J connectivity index is 1.72. The van der Waals surface area contributed by atoms with Gasteiger partial charge >= 0.3 is 0 Å². The fourth-order valence-corrected chi connectivity index (χ4v) is 2.57. The number of anilines is 1. The lowest BCUT2D eigenvalue weighted by Crippen LogP contribution is -2.35. The molecule has 1 aromatic rings. The first kappa shape index (κ1) is 13.3. The smallest absolute Gasteiger partial charge is 0.126 e. The number of likely N-dealkylation sites (tertiary alicyclic amines) is 1. The Morgan fingerprint density at radius 2 is 2.06 bits per heavy atom. The fourth-order valence-electron chi connectivity index (χ4n) is 2.57. The molecular formula is C15H25N3. The van der Waals surface area contributed by atoms with Crippen LogP contribution in [0.3, 0.4) is 0 Å². The van der Waals surface area contributed by atoms with Gasteiger partial charge in [-0.15, -0.1) is 0 Å². The number of hydrogen-bond acceptors (Lipinski definition) is 3. The topological polar surface area (TPSA) is 28.2 Å². The predicted octanol–water partition coefficient (Wildman–Crippen LogP) is 2.92. The molecule has 1 N–H and O–H groups in total. The monoisotopic (exact) mass is 247 g/mol. The average molecular weight is 247 g/mol. The number of hydrogen-bond donors (Lipinski definition) is 1. The van der Waals surface area contributed by atoms with Crippen molar-refractivity contribution in [2.75, 3.05) is 31.5 Å². The van der Waals surface area contributed by atoms with Crippen LogP contribution >= 0.6 is 0 Å². The standard InChI is InChI=1S/C15H25N3/c1-13(12-18-9-4-3-5-10-18)11-16-15-8-6-7-14(2)17-15/h6-8,13H,3-5,9-12H2,1-2H3,(H,16,17). The minimum Gasteiger partial charge on any atom is -0.370 e. The van der Waals surface area contributed by atoms with Gasteiger partial charge in [0.1, 0.15) is 5.82 Å². The lowest BCUT2D eigenvalue weighted by Gasteiger charge is -2.29. The van der Waals surface area contributed by atoms with Gasteiger partial charge in [-0.3, -0.25) is 0 Å². The van der Waals surface area contributed by atoms with Gasteiger partial charge in [-0.1, -0.05) is 19.4 Å². The minimum atomic E-state index is 0.672. The second-order valence-corrected chi connectivity index (χ2v) is 5.51. The summed E-state index contributed by atoms with van der Waals surface area (Å²) in [5.41, 5.74) is 1.07. The second-order valence-electron chi connectivity index (χ2n) is 5.51. The molecule has 0 spiro atoms. The van der Waals surface area contributed by atoms with E-state index in [-0.39, 0.29) is 0 Å². The molecule has 3 nitrogen and oxygen atoms in total. The zero-order valence-electron chi connectivity index (χ0n) is 11.7. The Bertz CT molecular complexity index is 359. The highest BCUT2D eigenvalue weighted by molar-refractivity contribution is 5.34. The van der Waals surface area contributed by atoms with Crippen molar-refractivity contribution in [3.63, 3.8) is 0 Å². The van der Waals surface area contributed by atoms with Crippen molar-refractivity contribution in [2.24, 2.45) is 5.92 Å². The van der Waals surface area contributed by atoms with Crippen molar-refractivity contribution in [3.05, 3.63) is 23.9 Å². The van der Waals surface area contributed by atoms with E-state index in [1.54, 1.807) is 0 Å². The summed E-state index contributed by atoms with van der Waals surface area (Å²) < 4.78 is 0.